The molecule has 1 aromatic carbocycles. The Morgan fingerprint density at radius 3 is 2.75 bits per heavy atom. The summed E-state index contributed by atoms with van der Waals surface area (Å²) in [5.74, 6) is 5.38. The Labute approximate surface area is 117 Å². The predicted molar refractivity (Wildman–Crippen MR) is 73.5 cm³/mol. The first kappa shape index (κ1) is 14.4. The first-order chi connectivity index (χ1) is 9.65. The van der Waals surface area contributed by atoms with Crippen LogP contribution in [0.15, 0.2) is 30.6 Å². The number of benzene rings is 1. The summed E-state index contributed by atoms with van der Waals surface area (Å²) in [5, 5.41) is 0. The minimum atomic E-state index is -0.379. The van der Waals surface area contributed by atoms with Crippen molar-refractivity contribution in [3.63, 3.8) is 0 Å². The fraction of sp³-hybridized carbons (Fsp3) is 0.286. The molecule has 0 radical (unpaired) electrons. The minimum absolute atomic E-state index is 0.216. The van der Waals surface area contributed by atoms with Crippen LogP contribution < -0.4 is 16.0 Å². The van der Waals surface area contributed by atoms with E-state index in [0.717, 1.165) is 5.69 Å². The van der Waals surface area contributed by atoms with E-state index in [9.17, 15) is 4.39 Å². The van der Waals surface area contributed by atoms with Crippen LogP contribution in [0.25, 0.3) is 0 Å². The number of methoxy groups -OCH3 is 1. The van der Waals surface area contributed by atoms with E-state index in [1.807, 2.05) is 6.92 Å². The van der Waals surface area contributed by atoms with Gasteiger partial charge in [0.1, 0.15) is 0 Å². The van der Waals surface area contributed by atoms with Crippen LogP contribution in [0.3, 0.4) is 0 Å². The summed E-state index contributed by atoms with van der Waals surface area (Å²) in [6.45, 7) is 1.85. The van der Waals surface area contributed by atoms with Gasteiger partial charge in [-0.1, -0.05) is 12.1 Å². The molecule has 106 valence electrons. The largest absolute Gasteiger partial charge is 0.494 e. The summed E-state index contributed by atoms with van der Waals surface area (Å²) in [7, 11) is 1.44. The fourth-order valence-electron chi connectivity index (χ4n) is 1.92. The second kappa shape index (κ2) is 6.40. The lowest BCUT2D eigenvalue weighted by Crippen LogP contribution is -2.30. The summed E-state index contributed by atoms with van der Waals surface area (Å²) < 4.78 is 19.1. The molecule has 1 heterocycles. The number of hydrogen-bond donors (Lipinski definition) is 2. The van der Waals surface area contributed by atoms with Gasteiger partial charge in [0.05, 0.1) is 30.7 Å². The van der Waals surface area contributed by atoms with Gasteiger partial charge < -0.3 is 4.74 Å². The van der Waals surface area contributed by atoms with Gasteiger partial charge in [-0.25, -0.2) is 4.39 Å². The standard InChI is InChI=1S/C14H17FN4O/c1-9-7-18-12(8-17-9)11(19-16)6-10-4-3-5-13(20-2)14(10)15/h3-5,7-8,11,19H,6,16H2,1-2H3. The molecule has 3 N–H and O–H groups in total. The minimum Gasteiger partial charge on any atom is -0.494 e. The number of hydrogen-bond acceptors (Lipinski definition) is 5. The monoisotopic (exact) mass is 276 g/mol. The molecule has 0 spiro atoms. The first-order valence-electron chi connectivity index (χ1n) is 6.21. The third-order valence-electron chi connectivity index (χ3n) is 3.05. The van der Waals surface area contributed by atoms with E-state index in [-0.39, 0.29) is 17.6 Å². The lowest BCUT2D eigenvalue weighted by molar-refractivity contribution is 0.382. The van der Waals surface area contributed by atoms with Crippen molar-refractivity contribution in [3.8, 4) is 5.75 Å². The second-order valence-electron chi connectivity index (χ2n) is 4.44. The predicted octanol–water partition coefficient (Wildman–Crippen LogP) is 1.68. The van der Waals surface area contributed by atoms with Gasteiger partial charge in [-0.3, -0.25) is 21.2 Å². The zero-order valence-electron chi connectivity index (χ0n) is 11.4. The molecule has 2 aromatic rings. The van der Waals surface area contributed by atoms with Gasteiger partial charge in [0.15, 0.2) is 11.6 Å². The molecule has 0 aliphatic heterocycles. The molecule has 20 heavy (non-hydrogen) atoms. The molecule has 2 rings (SSSR count). The van der Waals surface area contributed by atoms with Crippen molar-refractivity contribution >= 4 is 0 Å². The number of nitrogens with zero attached hydrogens (tertiary/aromatic N) is 2. The number of nitrogens with one attached hydrogen (secondary N) is 1. The normalized spacial score (nSPS) is 12.2. The van der Waals surface area contributed by atoms with Crippen LogP contribution in [0.4, 0.5) is 4.39 Å². The van der Waals surface area contributed by atoms with Crippen molar-refractivity contribution in [2.24, 2.45) is 5.84 Å². The van der Waals surface area contributed by atoms with Crippen molar-refractivity contribution in [2.75, 3.05) is 7.11 Å². The van der Waals surface area contributed by atoms with Crippen LogP contribution in [-0.2, 0) is 6.42 Å². The van der Waals surface area contributed by atoms with Crippen molar-refractivity contribution in [2.45, 2.75) is 19.4 Å². The number of nitrogens with two attached hydrogens (primary N) is 1. The molecule has 0 bridgehead atoms. The van der Waals surface area contributed by atoms with Crippen molar-refractivity contribution in [3.05, 3.63) is 53.4 Å². The summed E-state index contributed by atoms with van der Waals surface area (Å²) >= 11 is 0. The Morgan fingerprint density at radius 1 is 1.35 bits per heavy atom. The smallest absolute Gasteiger partial charge is 0.168 e. The molecular formula is C14H17FN4O. The molecule has 0 aliphatic carbocycles. The first-order valence-corrected chi connectivity index (χ1v) is 6.21. The van der Waals surface area contributed by atoms with Crippen molar-refractivity contribution in [1.82, 2.24) is 15.4 Å². The van der Waals surface area contributed by atoms with E-state index < -0.39 is 0 Å². The molecule has 6 heteroatoms. The highest BCUT2D eigenvalue weighted by molar-refractivity contribution is 5.32. The van der Waals surface area contributed by atoms with Crippen LogP contribution in [-0.4, -0.2) is 17.1 Å². The zero-order chi connectivity index (χ0) is 14.5. The number of halogens is 1. The van der Waals surface area contributed by atoms with E-state index in [0.29, 0.717) is 17.7 Å². The van der Waals surface area contributed by atoms with E-state index in [4.69, 9.17) is 10.6 Å². The van der Waals surface area contributed by atoms with Crippen LogP contribution >= 0.6 is 0 Å². The van der Waals surface area contributed by atoms with E-state index in [2.05, 4.69) is 15.4 Å². The highest BCUT2D eigenvalue weighted by Gasteiger charge is 2.16. The molecule has 1 aromatic heterocycles. The maximum absolute atomic E-state index is 14.1. The molecule has 1 atom stereocenters. The summed E-state index contributed by atoms with van der Waals surface area (Å²) in [6, 6.07) is 4.70. The third kappa shape index (κ3) is 3.09. The Kier molecular flexibility index (Phi) is 4.60. The van der Waals surface area contributed by atoms with E-state index in [1.165, 1.54) is 7.11 Å². The van der Waals surface area contributed by atoms with Crippen LogP contribution in [0.1, 0.15) is 23.0 Å². The summed E-state index contributed by atoms with van der Waals surface area (Å²) in [4.78, 5) is 8.43. The highest BCUT2D eigenvalue weighted by atomic mass is 19.1. The number of hydrazine groups is 1. The fourth-order valence-corrected chi connectivity index (χ4v) is 1.92. The maximum atomic E-state index is 14.1. The average Bonchev–Trinajstić information content (AvgIpc) is 2.47. The Morgan fingerprint density at radius 2 is 2.15 bits per heavy atom. The summed E-state index contributed by atoms with van der Waals surface area (Å²) in [6.07, 6.45) is 3.65. The van der Waals surface area contributed by atoms with E-state index >= 15 is 0 Å². The highest BCUT2D eigenvalue weighted by Crippen LogP contribution is 2.24. The summed E-state index contributed by atoms with van der Waals surface area (Å²) in [5.41, 5.74) is 4.63. The van der Waals surface area contributed by atoms with Crippen molar-refractivity contribution < 1.29 is 9.13 Å². The molecule has 0 saturated carbocycles. The molecule has 0 aliphatic rings. The van der Waals surface area contributed by atoms with Crippen LogP contribution in [0.5, 0.6) is 5.75 Å². The number of ether oxygens (including phenoxy) is 1. The van der Waals surface area contributed by atoms with E-state index in [1.54, 1.807) is 30.6 Å². The lowest BCUT2D eigenvalue weighted by Gasteiger charge is -2.16. The Balaban J connectivity index is 2.24. The molecule has 5 nitrogen and oxygen atoms in total. The molecule has 0 saturated heterocycles. The van der Waals surface area contributed by atoms with Gasteiger partial charge in [0, 0.05) is 6.20 Å². The van der Waals surface area contributed by atoms with Gasteiger partial charge in [-0.15, -0.1) is 0 Å². The van der Waals surface area contributed by atoms with Gasteiger partial charge >= 0.3 is 0 Å². The molecule has 1 unspecified atom stereocenters. The SMILES string of the molecule is COc1cccc(CC(NN)c2cnc(C)cn2)c1F. The van der Waals surface area contributed by atoms with Crippen molar-refractivity contribution in [1.29, 1.82) is 0 Å². The second-order valence-corrected chi connectivity index (χ2v) is 4.44. The molecule has 0 amide bonds. The number of aryl methyl sites for hydroxylation is 1. The van der Waals surface area contributed by atoms with Crippen LogP contribution in [0, 0.1) is 12.7 Å². The molecular weight excluding hydrogens is 259 g/mol. The van der Waals surface area contributed by atoms with Gasteiger partial charge in [-0.2, -0.15) is 0 Å². The zero-order valence-corrected chi connectivity index (χ0v) is 11.4. The number of rotatable bonds is 5. The quantitative estimate of drug-likeness (QED) is 0.642. The topological polar surface area (TPSA) is 73.1 Å². The third-order valence-corrected chi connectivity index (χ3v) is 3.05. The van der Waals surface area contributed by atoms with Gasteiger partial charge in [0.25, 0.3) is 0 Å². The van der Waals surface area contributed by atoms with Crippen LogP contribution in [0.2, 0.25) is 0 Å². The molecule has 0 fully saturated rings. The Hall–Kier alpha value is -2.05. The Bertz CT molecular complexity index is 574. The van der Waals surface area contributed by atoms with Gasteiger partial charge in [0.2, 0.25) is 0 Å². The maximum Gasteiger partial charge on any atom is 0.168 e. The average molecular weight is 276 g/mol. The lowest BCUT2D eigenvalue weighted by atomic mass is 10.0. The number of aromatic nitrogens is 2. The van der Waals surface area contributed by atoms with Gasteiger partial charge in [-0.05, 0) is 25.0 Å².